The maximum atomic E-state index is 9.32. The molecule has 0 amide bonds. The van der Waals surface area contributed by atoms with Gasteiger partial charge in [-0.25, -0.2) is 0 Å². The van der Waals surface area contributed by atoms with Gasteiger partial charge < -0.3 is 10.4 Å². The van der Waals surface area contributed by atoms with Crippen LogP contribution in [0.2, 0.25) is 0 Å². The molecule has 2 nitrogen and oxygen atoms in total. The summed E-state index contributed by atoms with van der Waals surface area (Å²) in [5, 5.41) is 12.1. The fraction of sp³-hybridized carbons (Fsp3) is 1.00. The summed E-state index contributed by atoms with van der Waals surface area (Å²) in [5.41, 5.74) is 0. The number of unbranched alkanes of at least 4 members (excludes halogenated alkanes) is 17. The van der Waals surface area contributed by atoms with Crippen molar-refractivity contribution in [3.8, 4) is 0 Å². The van der Waals surface area contributed by atoms with Crippen molar-refractivity contribution in [1.29, 1.82) is 0 Å². The minimum atomic E-state index is -0.00394. The summed E-state index contributed by atoms with van der Waals surface area (Å²) in [5.74, 6) is 0.545. The van der Waals surface area contributed by atoms with Crippen molar-refractivity contribution in [1.82, 2.24) is 5.32 Å². The van der Waals surface area contributed by atoms with Gasteiger partial charge in [-0.15, -0.1) is 11.6 Å². The zero-order valence-electron chi connectivity index (χ0n) is 23.1. The van der Waals surface area contributed by atoms with E-state index in [2.05, 4.69) is 12.2 Å². The van der Waals surface area contributed by atoms with Crippen LogP contribution in [0.25, 0.3) is 0 Å². The highest BCUT2D eigenvalue weighted by Crippen LogP contribution is 2.44. The summed E-state index contributed by atoms with van der Waals surface area (Å²) in [7, 11) is 3.75. The highest BCUT2D eigenvalue weighted by molar-refractivity contribution is 6.24. The molecule has 1 aliphatic rings. The van der Waals surface area contributed by atoms with Crippen molar-refractivity contribution in [3.63, 3.8) is 0 Å². The topological polar surface area (TPSA) is 32.3 Å². The Bertz CT molecular complexity index is 376. The Morgan fingerprint density at radius 1 is 0.697 bits per heavy atom. The van der Waals surface area contributed by atoms with Crippen LogP contribution in [0.3, 0.4) is 0 Å². The number of aliphatic hydroxyl groups excluding tert-OH is 1. The van der Waals surface area contributed by atoms with Crippen molar-refractivity contribution >= 4 is 11.6 Å². The minimum absolute atomic E-state index is 0.00394. The molecule has 3 heteroatoms. The van der Waals surface area contributed by atoms with E-state index in [4.69, 9.17) is 11.6 Å². The summed E-state index contributed by atoms with van der Waals surface area (Å²) < 4.78 is 0. The Labute approximate surface area is 214 Å². The smallest absolute Gasteiger partial charge is 0.0475 e. The van der Waals surface area contributed by atoms with Crippen LogP contribution in [-0.4, -0.2) is 30.7 Å². The second-order valence-electron chi connectivity index (χ2n) is 10.8. The van der Waals surface area contributed by atoms with Crippen molar-refractivity contribution < 1.29 is 5.11 Å². The molecule has 1 saturated carbocycles. The molecule has 0 aliphatic heterocycles. The van der Waals surface area contributed by atoms with E-state index in [0.717, 1.165) is 19.3 Å². The average molecular weight is 488 g/mol. The first-order chi connectivity index (χ1) is 16.1. The summed E-state index contributed by atoms with van der Waals surface area (Å²) in [6, 6.07) is 0. The third-order valence-electron chi connectivity index (χ3n) is 7.55. The first-order valence-corrected chi connectivity index (χ1v) is 15.4. The molecule has 0 aromatic heterocycles. The molecule has 1 rings (SSSR count). The van der Waals surface area contributed by atoms with Crippen molar-refractivity contribution in [2.75, 3.05) is 20.7 Å². The molecule has 2 N–H and O–H groups in total. The fourth-order valence-corrected chi connectivity index (χ4v) is 5.97. The Morgan fingerprint density at radius 3 is 1.48 bits per heavy atom. The van der Waals surface area contributed by atoms with E-state index in [-0.39, 0.29) is 4.87 Å². The van der Waals surface area contributed by atoms with Gasteiger partial charge in [-0.05, 0) is 45.7 Å². The first-order valence-electron chi connectivity index (χ1n) is 15.0. The predicted molar refractivity (Wildman–Crippen MR) is 151 cm³/mol. The van der Waals surface area contributed by atoms with Gasteiger partial charge in [0.1, 0.15) is 0 Å². The lowest BCUT2D eigenvalue weighted by Gasteiger charge is -2.39. The largest absolute Gasteiger partial charge is 0.396 e. The molecular weight excluding hydrogens is 426 g/mol. The maximum Gasteiger partial charge on any atom is 0.0475 e. The van der Waals surface area contributed by atoms with Crippen molar-refractivity contribution in [2.45, 2.75) is 166 Å². The van der Waals surface area contributed by atoms with Crippen molar-refractivity contribution in [3.05, 3.63) is 0 Å². The molecule has 0 spiro atoms. The molecule has 0 radical (unpaired) electrons. The third-order valence-corrected chi connectivity index (χ3v) is 8.24. The Hall–Kier alpha value is 0.210. The number of rotatable bonds is 21. The first kappa shape index (κ1) is 33.2. The minimum Gasteiger partial charge on any atom is -0.396 e. The van der Waals surface area contributed by atoms with Crippen LogP contribution < -0.4 is 5.32 Å². The lowest BCUT2D eigenvalue weighted by Crippen LogP contribution is -2.35. The zero-order valence-corrected chi connectivity index (χ0v) is 23.8. The van der Waals surface area contributed by atoms with E-state index in [1.54, 1.807) is 0 Å². The number of alkyl halides is 1. The van der Waals surface area contributed by atoms with Crippen LogP contribution in [0.5, 0.6) is 0 Å². The van der Waals surface area contributed by atoms with Crippen molar-refractivity contribution in [2.24, 2.45) is 5.92 Å². The second-order valence-corrected chi connectivity index (χ2v) is 11.5. The molecule has 1 fully saturated rings. The molecule has 2 atom stereocenters. The lowest BCUT2D eigenvalue weighted by molar-refractivity contribution is 0.183. The summed E-state index contributed by atoms with van der Waals surface area (Å²) in [6.07, 6.45) is 32.7. The van der Waals surface area contributed by atoms with E-state index in [0.29, 0.717) is 12.5 Å². The van der Waals surface area contributed by atoms with Crippen LogP contribution in [0.1, 0.15) is 161 Å². The van der Waals surface area contributed by atoms with E-state index in [1.807, 2.05) is 14.1 Å². The Balaban J connectivity index is 0.00000322. The average Bonchev–Trinajstić information content (AvgIpc) is 2.80. The third kappa shape index (κ3) is 20.1. The van der Waals surface area contributed by atoms with Crippen LogP contribution in [0, 0.1) is 5.92 Å². The van der Waals surface area contributed by atoms with Crippen LogP contribution in [0.15, 0.2) is 0 Å². The van der Waals surface area contributed by atoms with Gasteiger partial charge in [0.05, 0.1) is 0 Å². The molecule has 0 bridgehead atoms. The number of hydrogen-bond acceptors (Lipinski definition) is 2. The highest BCUT2D eigenvalue weighted by atomic mass is 35.5. The van der Waals surface area contributed by atoms with Gasteiger partial charge in [-0.1, -0.05) is 135 Å². The molecule has 2 unspecified atom stereocenters. The molecule has 1 aliphatic carbocycles. The number of hydrogen-bond donors (Lipinski definition) is 2. The predicted octanol–water partition coefficient (Wildman–Crippen LogP) is 9.80. The fourth-order valence-electron chi connectivity index (χ4n) is 5.48. The molecule has 0 heterocycles. The van der Waals surface area contributed by atoms with Gasteiger partial charge in [0.25, 0.3) is 0 Å². The van der Waals surface area contributed by atoms with Crippen LogP contribution in [-0.2, 0) is 0 Å². The number of halogens is 1. The highest BCUT2D eigenvalue weighted by Gasteiger charge is 2.37. The van der Waals surface area contributed by atoms with E-state index < -0.39 is 0 Å². The summed E-state index contributed by atoms with van der Waals surface area (Å²) in [6.45, 7) is 2.60. The van der Waals surface area contributed by atoms with Gasteiger partial charge in [0.2, 0.25) is 0 Å². The standard InChI is InChI=1S/C28H55ClO.C2H7N/c1-2-3-4-5-6-7-8-9-10-11-12-13-14-15-16-17-18-20-24-28(29)25-21-19-22-27(28)23-26-30;1-3-2/h27,30H,2-26H2,1H3;3H,1-2H3. The Kier molecular flexibility index (Phi) is 25.5. The summed E-state index contributed by atoms with van der Waals surface area (Å²) >= 11 is 6.99. The SMILES string of the molecule is CCCCCCCCCCCCCCCCCCCCC1(Cl)CCCCC1CCO.CNC. The normalized spacial score (nSPS) is 20.5. The van der Waals surface area contributed by atoms with Gasteiger partial charge in [0, 0.05) is 11.5 Å². The molecular formula is C30H62ClNO. The van der Waals surface area contributed by atoms with Gasteiger partial charge in [-0.3, -0.25) is 0 Å². The van der Waals surface area contributed by atoms with Gasteiger partial charge in [-0.2, -0.15) is 0 Å². The monoisotopic (exact) mass is 487 g/mol. The molecule has 0 aromatic carbocycles. The molecule has 33 heavy (non-hydrogen) atoms. The molecule has 0 saturated heterocycles. The number of nitrogens with one attached hydrogen (secondary N) is 1. The maximum absolute atomic E-state index is 9.32. The van der Waals surface area contributed by atoms with E-state index in [9.17, 15) is 5.11 Å². The lowest BCUT2D eigenvalue weighted by atomic mass is 9.74. The van der Waals surface area contributed by atoms with Crippen LogP contribution in [0.4, 0.5) is 0 Å². The quantitative estimate of drug-likeness (QED) is 0.125. The Morgan fingerprint density at radius 2 is 1.09 bits per heavy atom. The second kappa shape index (κ2) is 25.3. The molecule has 0 aromatic rings. The van der Waals surface area contributed by atoms with Gasteiger partial charge in [0.15, 0.2) is 0 Å². The zero-order chi connectivity index (χ0) is 24.5. The number of aliphatic hydroxyl groups is 1. The van der Waals surface area contributed by atoms with E-state index >= 15 is 0 Å². The van der Waals surface area contributed by atoms with Crippen LogP contribution >= 0.6 is 11.6 Å². The summed E-state index contributed by atoms with van der Waals surface area (Å²) in [4.78, 5) is -0.00394. The molecule has 200 valence electrons. The van der Waals surface area contributed by atoms with Gasteiger partial charge >= 0.3 is 0 Å². The van der Waals surface area contributed by atoms with E-state index in [1.165, 1.54) is 135 Å².